The molecule has 0 amide bonds. The first-order valence-electron chi connectivity index (χ1n) is 6.81. The maximum absolute atomic E-state index is 12.5. The number of hydrogen-bond acceptors (Lipinski definition) is 4. The van der Waals surface area contributed by atoms with Crippen molar-refractivity contribution in [3.8, 4) is 5.75 Å². The van der Waals surface area contributed by atoms with Crippen LogP contribution in [0.2, 0.25) is 0 Å². The molecule has 1 aromatic carbocycles. The molecule has 5 nitrogen and oxygen atoms in total. The molecule has 21 heavy (non-hydrogen) atoms. The SMILES string of the molecule is COc1ccc(S(=O)(=O)NC2(CN)CCCC2)cc1C.Cl. The molecule has 2 rings (SSSR count). The van der Waals surface area contributed by atoms with Crippen molar-refractivity contribution < 1.29 is 13.2 Å². The Morgan fingerprint density at radius 2 is 1.95 bits per heavy atom. The van der Waals surface area contributed by atoms with E-state index < -0.39 is 15.6 Å². The number of aryl methyl sites for hydroxylation is 1. The maximum atomic E-state index is 12.5. The molecule has 0 bridgehead atoms. The molecular weight excluding hydrogens is 312 g/mol. The number of hydrogen-bond donors (Lipinski definition) is 2. The first-order valence-corrected chi connectivity index (χ1v) is 8.29. The minimum absolute atomic E-state index is 0. The minimum atomic E-state index is -3.55. The fourth-order valence-corrected chi connectivity index (χ4v) is 4.32. The van der Waals surface area contributed by atoms with Gasteiger partial charge in [-0.15, -0.1) is 12.4 Å². The van der Waals surface area contributed by atoms with Crippen LogP contribution in [-0.2, 0) is 10.0 Å². The number of nitrogens with one attached hydrogen (secondary N) is 1. The molecule has 1 aliphatic carbocycles. The van der Waals surface area contributed by atoms with E-state index in [1.54, 1.807) is 25.3 Å². The monoisotopic (exact) mass is 334 g/mol. The van der Waals surface area contributed by atoms with Gasteiger partial charge in [0.1, 0.15) is 5.75 Å². The summed E-state index contributed by atoms with van der Waals surface area (Å²) in [6.07, 6.45) is 3.64. The van der Waals surface area contributed by atoms with Gasteiger partial charge in [0, 0.05) is 12.1 Å². The second-order valence-electron chi connectivity index (χ2n) is 5.43. The van der Waals surface area contributed by atoms with E-state index in [4.69, 9.17) is 10.5 Å². The quantitative estimate of drug-likeness (QED) is 0.862. The highest BCUT2D eigenvalue weighted by molar-refractivity contribution is 7.89. The van der Waals surface area contributed by atoms with Crippen molar-refractivity contribution in [2.75, 3.05) is 13.7 Å². The Kier molecular flexibility index (Phi) is 6.04. The molecule has 120 valence electrons. The van der Waals surface area contributed by atoms with E-state index in [1.165, 1.54) is 0 Å². The first kappa shape index (κ1) is 18.2. The lowest BCUT2D eigenvalue weighted by atomic mass is 10.0. The average molecular weight is 335 g/mol. The highest BCUT2D eigenvalue weighted by Gasteiger charge is 2.36. The highest BCUT2D eigenvalue weighted by atomic mass is 35.5. The van der Waals surface area contributed by atoms with E-state index in [9.17, 15) is 8.42 Å². The van der Waals surface area contributed by atoms with Crippen LogP contribution in [0.1, 0.15) is 31.2 Å². The fraction of sp³-hybridized carbons (Fsp3) is 0.571. The van der Waals surface area contributed by atoms with E-state index in [1.807, 2.05) is 6.92 Å². The molecule has 1 fully saturated rings. The molecular formula is C14H23ClN2O3S. The molecule has 0 aliphatic heterocycles. The molecule has 3 N–H and O–H groups in total. The van der Waals surface area contributed by atoms with Crippen LogP contribution in [0.3, 0.4) is 0 Å². The van der Waals surface area contributed by atoms with Gasteiger partial charge in [0.05, 0.1) is 12.0 Å². The normalized spacial score (nSPS) is 17.3. The van der Waals surface area contributed by atoms with Gasteiger partial charge in [0.2, 0.25) is 10.0 Å². The average Bonchev–Trinajstić information content (AvgIpc) is 2.87. The summed E-state index contributed by atoms with van der Waals surface area (Å²) >= 11 is 0. The molecule has 0 heterocycles. The lowest BCUT2D eigenvalue weighted by molar-refractivity contribution is 0.399. The summed E-state index contributed by atoms with van der Waals surface area (Å²) in [5.41, 5.74) is 6.10. The van der Waals surface area contributed by atoms with E-state index in [-0.39, 0.29) is 17.3 Å². The van der Waals surface area contributed by atoms with Crippen molar-refractivity contribution in [1.82, 2.24) is 4.72 Å². The molecule has 1 aromatic rings. The second-order valence-corrected chi connectivity index (χ2v) is 7.11. The van der Waals surface area contributed by atoms with Crippen molar-refractivity contribution in [1.29, 1.82) is 0 Å². The van der Waals surface area contributed by atoms with Crippen LogP contribution in [0, 0.1) is 6.92 Å². The number of rotatable bonds is 5. The third-order valence-corrected chi connectivity index (χ3v) is 5.56. The van der Waals surface area contributed by atoms with Gasteiger partial charge in [-0.05, 0) is 43.5 Å². The Bertz CT molecular complexity index is 584. The Morgan fingerprint density at radius 3 is 2.43 bits per heavy atom. The van der Waals surface area contributed by atoms with Crippen molar-refractivity contribution in [2.45, 2.75) is 43.0 Å². The summed E-state index contributed by atoms with van der Waals surface area (Å²) < 4.78 is 33.0. The fourth-order valence-electron chi connectivity index (χ4n) is 2.76. The van der Waals surface area contributed by atoms with Crippen molar-refractivity contribution in [3.63, 3.8) is 0 Å². The highest BCUT2D eigenvalue weighted by Crippen LogP contribution is 2.31. The van der Waals surface area contributed by atoms with E-state index in [2.05, 4.69) is 4.72 Å². The number of halogens is 1. The van der Waals surface area contributed by atoms with Crippen LogP contribution in [0.4, 0.5) is 0 Å². The Balaban J connectivity index is 0.00000220. The summed E-state index contributed by atoms with van der Waals surface area (Å²) in [5, 5.41) is 0. The van der Waals surface area contributed by atoms with Crippen LogP contribution in [0.25, 0.3) is 0 Å². The summed E-state index contributed by atoms with van der Waals surface area (Å²) in [4.78, 5) is 0.260. The third kappa shape index (κ3) is 3.88. The molecule has 1 saturated carbocycles. The molecule has 7 heteroatoms. The zero-order chi connectivity index (χ0) is 14.8. The van der Waals surface area contributed by atoms with Gasteiger partial charge in [-0.1, -0.05) is 12.8 Å². The number of benzene rings is 1. The van der Waals surface area contributed by atoms with Crippen LogP contribution < -0.4 is 15.2 Å². The zero-order valence-corrected chi connectivity index (χ0v) is 14.0. The van der Waals surface area contributed by atoms with Gasteiger partial charge >= 0.3 is 0 Å². The van der Waals surface area contributed by atoms with Gasteiger partial charge < -0.3 is 10.5 Å². The topological polar surface area (TPSA) is 81.4 Å². The smallest absolute Gasteiger partial charge is 0.241 e. The molecule has 1 aliphatic rings. The predicted octanol–water partition coefficient (Wildman–Crippen LogP) is 1.98. The maximum Gasteiger partial charge on any atom is 0.241 e. The molecule has 0 spiro atoms. The summed E-state index contributed by atoms with van der Waals surface area (Å²) in [6, 6.07) is 4.86. The molecule has 0 radical (unpaired) electrons. The molecule has 0 saturated heterocycles. The van der Waals surface area contributed by atoms with Crippen molar-refractivity contribution in [3.05, 3.63) is 23.8 Å². The Morgan fingerprint density at radius 1 is 1.33 bits per heavy atom. The number of nitrogens with two attached hydrogens (primary N) is 1. The Hall–Kier alpha value is -0.820. The number of ether oxygens (including phenoxy) is 1. The summed E-state index contributed by atoms with van der Waals surface area (Å²) in [6.45, 7) is 2.16. The van der Waals surface area contributed by atoms with Crippen molar-refractivity contribution in [2.24, 2.45) is 5.73 Å². The third-order valence-electron chi connectivity index (χ3n) is 3.98. The van der Waals surface area contributed by atoms with Crippen LogP contribution in [0.15, 0.2) is 23.1 Å². The van der Waals surface area contributed by atoms with E-state index >= 15 is 0 Å². The van der Waals surface area contributed by atoms with E-state index in [0.717, 1.165) is 31.2 Å². The number of methoxy groups -OCH3 is 1. The molecule has 0 atom stereocenters. The first-order chi connectivity index (χ1) is 9.42. The Labute approximate surface area is 132 Å². The van der Waals surface area contributed by atoms with Crippen LogP contribution in [-0.4, -0.2) is 27.6 Å². The van der Waals surface area contributed by atoms with Crippen LogP contribution >= 0.6 is 12.4 Å². The molecule has 0 unspecified atom stereocenters. The summed E-state index contributed by atoms with van der Waals surface area (Å²) in [7, 11) is -1.98. The predicted molar refractivity (Wildman–Crippen MR) is 85.6 cm³/mol. The van der Waals surface area contributed by atoms with Gasteiger partial charge in [-0.3, -0.25) is 0 Å². The standard InChI is InChI=1S/C14H22N2O3S.ClH/c1-11-9-12(5-6-13(11)19-2)20(17,18)16-14(10-15)7-3-4-8-14;/h5-6,9,16H,3-4,7-8,10,15H2,1-2H3;1H. The minimum Gasteiger partial charge on any atom is -0.496 e. The van der Waals surface area contributed by atoms with Gasteiger partial charge in [0.15, 0.2) is 0 Å². The number of sulfonamides is 1. The van der Waals surface area contributed by atoms with Crippen LogP contribution in [0.5, 0.6) is 5.75 Å². The zero-order valence-electron chi connectivity index (χ0n) is 12.4. The second kappa shape index (κ2) is 6.96. The van der Waals surface area contributed by atoms with E-state index in [0.29, 0.717) is 12.3 Å². The largest absolute Gasteiger partial charge is 0.496 e. The van der Waals surface area contributed by atoms with Gasteiger partial charge in [-0.25, -0.2) is 13.1 Å². The summed E-state index contributed by atoms with van der Waals surface area (Å²) in [5.74, 6) is 0.679. The van der Waals surface area contributed by atoms with Crippen molar-refractivity contribution >= 4 is 22.4 Å². The van der Waals surface area contributed by atoms with Gasteiger partial charge in [0.25, 0.3) is 0 Å². The van der Waals surface area contributed by atoms with Gasteiger partial charge in [-0.2, -0.15) is 0 Å². The lowest BCUT2D eigenvalue weighted by Crippen LogP contribution is -2.51. The molecule has 0 aromatic heterocycles. The lowest BCUT2D eigenvalue weighted by Gasteiger charge is -2.28.